The molecule has 2 N–H and O–H groups in total. The molecule has 0 spiro atoms. The third-order valence-electron chi connectivity index (χ3n) is 4.46. The molecule has 1 heterocycles. The van der Waals surface area contributed by atoms with Crippen LogP contribution in [0, 0.1) is 5.82 Å². The predicted molar refractivity (Wildman–Crippen MR) is 91.8 cm³/mol. The van der Waals surface area contributed by atoms with Crippen molar-refractivity contribution >= 4 is 5.91 Å². The average molecular weight is 344 g/mol. The first kappa shape index (κ1) is 17.4. The molecule has 1 aliphatic heterocycles. The molecule has 25 heavy (non-hydrogen) atoms. The highest BCUT2D eigenvalue weighted by Gasteiger charge is 2.25. The highest BCUT2D eigenvalue weighted by molar-refractivity contribution is 5.96. The number of halogens is 1. The zero-order valence-electron chi connectivity index (χ0n) is 13.8. The van der Waals surface area contributed by atoms with E-state index in [0.29, 0.717) is 43.9 Å². The van der Waals surface area contributed by atoms with E-state index < -0.39 is 6.10 Å². The van der Waals surface area contributed by atoms with Gasteiger partial charge in [0.1, 0.15) is 11.6 Å². The molecule has 1 unspecified atom stereocenters. The molecule has 0 bridgehead atoms. The molecule has 1 aliphatic rings. The molecule has 1 fully saturated rings. The SMILES string of the molecule is O=C(c1ccccc1O)N1CCN(CC(O)c2cccc(F)c2)CC1. The molecule has 0 aliphatic carbocycles. The summed E-state index contributed by atoms with van der Waals surface area (Å²) in [6.45, 7) is 2.66. The summed E-state index contributed by atoms with van der Waals surface area (Å²) in [5, 5.41) is 20.1. The zero-order valence-corrected chi connectivity index (χ0v) is 13.8. The summed E-state index contributed by atoms with van der Waals surface area (Å²) in [6.07, 6.45) is -0.767. The number of hydrogen-bond donors (Lipinski definition) is 2. The molecule has 5 nitrogen and oxygen atoms in total. The standard InChI is InChI=1S/C19H21FN2O3/c20-15-5-3-4-14(12-15)18(24)13-21-8-10-22(11-9-21)19(25)16-6-1-2-7-17(16)23/h1-7,12,18,23-24H,8-11,13H2. The third kappa shape index (κ3) is 4.15. The Balaban J connectivity index is 1.55. The largest absolute Gasteiger partial charge is 0.507 e. The van der Waals surface area contributed by atoms with Crippen LogP contribution in [-0.2, 0) is 0 Å². The summed E-state index contributed by atoms with van der Waals surface area (Å²) in [7, 11) is 0. The van der Waals surface area contributed by atoms with Crippen molar-refractivity contribution in [1.29, 1.82) is 0 Å². The van der Waals surface area contributed by atoms with E-state index >= 15 is 0 Å². The normalized spacial score (nSPS) is 16.6. The Labute approximate surface area is 145 Å². The number of carbonyl (C=O) groups excluding carboxylic acids is 1. The summed E-state index contributed by atoms with van der Waals surface area (Å²) in [5.41, 5.74) is 0.850. The maximum absolute atomic E-state index is 13.3. The van der Waals surface area contributed by atoms with Gasteiger partial charge in [-0.2, -0.15) is 0 Å². The number of nitrogens with zero attached hydrogens (tertiary/aromatic N) is 2. The monoisotopic (exact) mass is 344 g/mol. The Morgan fingerprint density at radius 2 is 1.80 bits per heavy atom. The van der Waals surface area contributed by atoms with Crippen LogP contribution in [0.4, 0.5) is 4.39 Å². The van der Waals surface area contributed by atoms with Gasteiger partial charge in [0.15, 0.2) is 0 Å². The second kappa shape index (κ2) is 7.63. The Kier molecular flexibility index (Phi) is 5.31. The minimum absolute atomic E-state index is 0.0172. The summed E-state index contributed by atoms with van der Waals surface area (Å²) in [4.78, 5) is 16.2. The molecule has 2 aromatic rings. The Bertz CT molecular complexity index is 745. The van der Waals surface area contributed by atoms with Gasteiger partial charge >= 0.3 is 0 Å². The number of aromatic hydroxyl groups is 1. The van der Waals surface area contributed by atoms with Crippen LogP contribution in [0.5, 0.6) is 5.75 Å². The number of piperazine rings is 1. The first-order valence-electron chi connectivity index (χ1n) is 8.28. The van der Waals surface area contributed by atoms with Gasteiger partial charge in [0, 0.05) is 32.7 Å². The molecule has 1 saturated heterocycles. The Morgan fingerprint density at radius 3 is 2.48 bits per heavy atom. The minimum Gasteiger partial charge on any atom is -0.507 e. The second-order valence-corrected chi connectivity index (χ2v) is 6.18. The van der Waals surface area contributed by atoms with Gasteiger partial charge in [-0.25, -0.2) is 4.39 Å². The van der Waals surface area contributed by atoms with Crippen LogP contribution in [0.2, 0.25) is 0 Å². The number of phenols is 1. The van der Waals surface area contributed by atoms with Crippen molar-refractivity contribution in [2.45, 2.75) is 6.10 Å². The highest BCUT2D eigenvalue weighted by Crippen LogP contribution is 2.20. The fourth-order valence-corrected chi connectivity index (χ4v) is 3.02. The number of aliphatic hydroxyl groups is 1. The predicted octanol–water partition coefficient (Wildman–Crippen LogP) is 2.02. The van der Waals surface area contributed by atoms with Crippen molar-refractivity contribution in [3.8, 4) is 5.75 Å². The number of rotatable bonds is 4. The van der Waals surface area contributed by atoms with E-state index in [1.807, 2.05) is 4.90 Å². The molecular formula is C19H21FN2O3. The molecule has 6 heteroatoms. The molecule has 2 aromatic carbocycles. The average Bonchev–Trinajstić information content (AvgIpc) is 2.62. The van der Waals surface area contributed by atoms with Crippen molar-refractivity contribution in [2.24, 2.45) is 0 Å². The van der Waals surface area contributed by atoms with Crippen molar-refractivity contribution in [1.82, 2.24) is 9.80 Å². The molecule has 1 atom stereocenters. The van der Waals surface area contributed by atoms with Crippen LogP contribution in [-0.4, -0.2) is 58.6 Å². The molecule has 0 saturated carbocycles. The maximum Gasteiger partial charge on any atom is 0.257 e. The van der Waals surface area contributed by atoms with Crippen molar-refractivity contribution in [3.05, 3.63) is 65.5 Å². The number of benzene rings is 2. The van der Waals surface area contributed by atoms with Gasteiger partial charge in [-0.15, -0.1) is 0 Å². The molecule has 132 valence electrons. The second-order valence-electron chi connectivity index (χ2n) is 6.18. The summed E-state index contributed by atoms with van der Waals surface area (Å²) < 4.78 is 13.3. The first-order valence-corrected chi connectivity index (χ1v) is 8.28. The van der Waals surface area contributed by atoms with Crippen LogP contribution in [0.3, 0.4) is 0 Å². The lowest BCUT2D eigenvalue weighted by atomic mass is 10.1. The number of β-amino-alcohol motifs (C(OH)–C–C–N with tert-alkyl or cyclic N) is 1. The molecule has 1 amide bonds. The lowest BCUT2D eigenvalue weighted by molar-refractivity contribution is 0.0525. The Hall–Kier alpha value is -2.44. The van der Waals surface area contributed by atoms with Crippen LogP contribution in [0.1, 0.15) is 22.0 Å². The molecule has 0 radical (unpaired) electrons. The van der Waals surface area contributed by atoms with E-state index in [0.717, 1.165) is 0 Å². The number of phenolic OH excluding ortho intramolecular Hbond substituents is 1. The smallest absolute Gasteiger partial charge is 0.257 e. The van der Waals surface area contributed by atoms with E-state index in [9.17, 15) is 19.4 Å². The summed E-state index contributed by atoms with van der Waals surface area (Å²) in [5.74, 6) is -0.575. The zero-order chi connectivity index (χ0) is 17.8. The van der Waals surface area contributed by atoms with Crippen molar-refractivity contribution in [2.75, 3.05) is 32.7 Å². The lowest BCUT2D eigenvalue weighted by Gasteiger charge is -2.35. The van der Waals surface area contributed by atoms with E-state index in [2.05, 4.69) is 0 Å². The minimum atomic E-state index is -0.767. The maximum atomic E-state index is 13.3. The van der Waals surface area contributed by atoms with Gasteiger partial charge < -0.3 is 15.1 Å². The van der Waals surface area contributed by atoms with E-state index in [1.165, 1.54) is 18.2 Å². The van der Waals surface area contributed by atoms with Crippen LogP contribution < -0.4 is 0 Å². The Morgan fingerprint density at radius 1 is 1.08 bits per heavy atom. The van der Waals surface area contributed by atoms with Crippen LogP contribution in [0.15, 0.2) is 48.5 Å². The van der Waals surface area contributed by atoms with Gasteiger partial charge in [0.05, 0.1) is 11.7 Å². The van der Waals surface area contributed by atoms with Gasteiger partial charge in [0.25, 0.3) is 5.91 Å². The highest BCUT2D eigenvalue weighted by atomic mass is 19.1. The van der Waals surface area contributed by atoms with Gasteiger partial charge in [-0.3, -0.25) is 9.69 Å². The van der Waals surface area contributed by atoms with Crippen molar-refractivity contribution in [3.63, 3.8) is 0 Å². The summed E-state index contributed by atoms with van der Waals surface area (Å²) >= 11 is 0. The van der Waals surface area contributed by atoms with Gasteiger partial charge in [-0.1, -0.05) is 24.3 Å². The van der Waals surface area contributed by atoms with Crippen molar-refractivity contribution < 1.29 is 19.4 Å². The lowest BCUT2D eigenvalue weighted by Crippen LogP contribution is -2.49. The molecule has 3 rings (SSSR count). The topological polar surface area (TPSA) is 64.0 Å². The van der Waals surface area contributed by atoms with Gasteiger partial charge in [-0.05, 0) is 29.8 Å². The number of amides is 1. The molecular weight excluding hydrogens is 323 g/mol. The number of aliphatic hydroxyl groups excluding tert-OH is 1. The quantitative estimate of drug-likeness (QED) is 0.891. The summed E-state index contributed by atoms with van der Waals surface area (Å²) in [6, 6.07) is 12.5. The van der Waals surface area contributed by atoms with E-state index in [4.69, 9.17) is 0 Å². The molecule has 0 aromatic heterocycles. The fourth-order valence-electron chi connectivity index (χ4n) is 3.02. The number of carbonyl (C=O) groups is 1. The van der Waals surface area contributed by atoms with E-state index in [-0.39, 0.29) is 17.5 Å². The van der Waals surface area contributed by atoms with Crippen LogP contribution >= 0.6 is 0 Å². The van der Waals surface area contributed by atoms with Gasteiger partial charge in [0.2, 0.25) is 0 Å². The first-order chi connectivity index (χ1) is 12.0. The van der Waals surface area contributed by atoms with Crippen LogP contribution in [0.25, 0.3) is 0 Å². The number of para-hydroxylation sites is 1. The number of hydrogen-bond acceptors (Lipinski definition) is 4. The van der Waals surface area contributed by atoms with E-state index in [1.54, 1.807) is 35.2 Å². The third-order valence-corrected chi connectivity index (χ3v) is 4.46. The fraction of sp³-hybridized carbons (Fsp3) is 0.316.